The molecule has 0 amide bonds. The summed E-state index contributed by atoms with van der Waals surface area (Å²) in [7, 11) is 3.92. The first kappa shape index (κ1) is 14.9. The highest BCUT2D eigenvalue weighted by Gasteiger charge is 2.19. The predicted octanol–water partition coefficient (Wildman–Crippen LogP) is 1.72. The largest absolute Gasteiger partial charge is 0.384 e. The van der Waals surface area contributed by atoms with Crippen molar-refractivity contribution in [2.45, 2.75) is 39.2 Å². The van der Waals surface area contributed by atoms with E-state index in [4.69, 9.17) is 10.5 Å². The molecule has 2 unspecified atom stereocenters. The van der Waals surface area contributed by atoms with Gasteiger partial charge in [-0.25, -0.2) is 0 Å². The summed E-state index contributed by atoms with van der Waals surface area (Å²) >= 11 is 0. The topological polar surface area (TPSA) is 38.5 Å². The minimum atomic E-state index is 0.446. The molecule has 0 rings (SSSR count). The SMILES string of the molecule is CCCCCN(C)C(CN)C(C)COC. The number of likely N-dealkylation sites (N-methyl/N-ethyl adjacent to an activating group) is 1. The third-order valence-corrected chi connectivity index (χ3v) is 3.01. The first-order chi connectivity index (χ1) is 7.17. The average Bonchev–Trinajstić information content (AvgIpc) is 2.19. The molecule has 0 aliphatic carbocycles. The second kappa shape index (κ2) is 9.13. The van der Waals surface area contributed by atoms with Crippen LogP contribution in [0.3, 0.4) is 0 Å². The van der Waals surface area contributed by atoms with Crippen LogP contribution in [-0.2, 0) is 4.74 Å². The van der Waals surface area contributed by atoms with Gasteiger partial charge in [-0.3, -0.25) is 0 Å². The third kappa shape index (κ3) is 6.13. The van der Waals surface area contributed by atoms with E-state index in [0.29, 0.717) is 18.5 Å². The van der Waals surface area contributed by atoms with Gasteiger partial charge in [0.1, 0.15) is 0 Å². The highest BCUT2D eigenvalue weighted by atomic mass is 16.5. The quantitative estimate of drug-likeness (QED) is 0.596. The molecule has 3 heteroatoms. The van der Waals surface area contributed by atoms with Crippen LogP contribution in [0.1, 0.15) is 33.1 Å². The van der Waals surface area contributed by atoms with Crippen molar-refractivity contribution in [1.82, 2.24) is 4.90 Å². The number of rotatable bonds is 9. The Kier molecular flexibility index (Phi) is 9.06. The summed E-state index contributed by atoms with van der Waals surface area (Å²) in [6, 6.07) is 0.446. The van der Waals surface area contributed by atoms with E-state index in [9.17, 15) is 0 Å². The maximum Gasteiger partial charge on any atom is 0.0503 e. The lowest BCUT2D eigenvalue weighted by Gasteiger charge is -2.31. The Morgan fingerprint density at radius 1 is 1.33 bits per heavy atom. The molecule has 0 aliphatic heterocycles. The van der Waals surface area contributed by atoms with Crippen LogP contribution in [0.2, 0.25) is 0 Å². The summed E-state index contributed by atoms with van der Waals surface area (Å²) in [4.78, 5) is 2.37. The summed E-state index contributed by atoms with van der Waals surface area (Å²) < 4.78 is 5.18. The number of nitrogens with zero attached hydrogens (tertiary/aromatic N) is 1. The Labute approximate surface area is 95.0 Å². The van der Waals surface area contributed by atoms with Crippen molar-refractivity contribution >= 4 is 0 Å². The number of methoxy groups -OCH3 is 1. The molecule has 15 heavy (non-hydrogen) atoms. The fourth-order valence-corrected chi connectivity index (χ4v) is 2.00. The van der Waals surface area contributed by atoms with E-state index in [-0.39, 0.29) is 0 Å². The minimum Gasteiger partial charge on any atom is -0.384 e. The van der Waals surface area contributed by atoms with Gasteiger partial charge in [-0.05, 0) is 25.9 Å². The molecule has 0 aromatic carbocycles. The predicted molar refractivity (Wildman–Crippen MR) is 66.0 cm³/mol. The molecule has 2 N–H and O–H groups in total. The van der Waals surface area contributed by atoms with Gasteiger partial charge in [-0.15, -0.1) is 0 Å². The van der Waals surface area contributed by atoms with Crippen molar-refractivity contribution in [2.75, 3.05) is 33.9 Å². The first-order valence-corrected chi connectivity index (χ1v) is 6.06. The molecule has 0 aromatic heterocycles. The van der Waals surface area contributed by atoms with E-state index < -0.39 is 0 Å². The Morgan fingerprint density at radius 2 is 2.00 bits per heavy atom. The lowest BCUT2D eigenvalue weighted by molar-refractivity contribution is 0.0976. The van der Waals surface area contributed by atoms with Gasteiger partial charge in [0, 0.05) is 19.7 Å². The van der Waals surface area contributed by atoms with Crippen molar-refractivity contribution in [3.05, 3.63) is 0 Å². The zero-order valence-electron chi connectivity index (χ0n) is 10.8. The Balaban J connectivity index is 3.91. The molecule has 0 fully saturated rings. The summed E-state index contributed by atoms with van der Waals surface area (Å²) in [5, 5.41) is 0. The molecular weight excluding hydrogens is 188 g/mol. The van der Waals surface area contributed by atoms with Gasteiger partial charge in [0.05, 0.1) is 6.61 Å². The van der Waals surface area contributed by atoms with E-state index in [0.717, 1.165) is 13.2 Å². The molecule has 0 saturated heterocycles. The second-order valence-electron chi connectivity index (χ2n) is 4.42. The van der Waals surface area contributed by atoms with Crippen molar-refractivity contribution in [1.29, 1.82) is 0 Å². The summed E-state index contributed by atoms with van der Waals surface area (Å²) in [6.45, 7) is 7.09. The van der Waals surface area contributed by atoms with Gasteiger partial charge in [0.2, 0.25) is 0 Å². The average molecular weight is 216 g/mol. The van der Waals surface area contributed by atoms with Crippen LogP contribution in [0.25, 0.3) is 0 Å². The zero-order valence-corrected chi connectivity index (χ0v) is 10.8. The van der Waals surface area contributed by atoms with E-state index in [1.54, 1.807) is 7.11 Å². The zero-order chi connectivity index (χ0) is 11.7. The van der Waals surface area contributed by atoms with Crippen LogP contribution in [-0.4, -0.2) is 44.8 Å². The van der Waals surface area contributed by atoms with Crippen molar-refractivity contribution < 1.29 is 4.74 Å². The number of unbranched alkanes of at least 4 members (excludes halogenated alkanes) is 2. The second-order valence-corrected chi connectivity index (χ2v) is 4.42. The van der Waals surface area contributed by atoms with Crippen molar-refractivity contribution in [2.24, 2.45) is 11.7 Å². The molecule has 0 aliphatic rings. The van der Waals surface area contributed by atoms with Crippen LogP contribution in [0.5, 0.6) is 0 Å². The van der Waals surface area contributed by atoms with Crippen molar-refractivity contribution in [3.8, 4) is 0 Å². The highest BCUT2D eigenvalue weighted by molar-refractivity contribution is 4.75. The molecular formula is C12H28N2O. The summed E-state index contributed by atoms with van der Waals surface area (Å²) in [5.74, 6) is 0.506. The maximum absolute atomic E-state index is 5.81. The summed E-state index contributed by atoms with van der Waals surface area (Å²) in [6.07, 6.45) is 3.85. The number of hydrogen-bond donors (Lipinski definition) is 1. The molecule has 2 atom stereocenters. The Morgan fingerprint density at radius 3 is 2.47 bits per heavy atom. The van der Waals surface area contributed by atoms with E-state index >= 15 is 0 Å². The number of nitrogens with two attached hydrogens (primary N) is 1. The fraction of sp³-hybridized carbons (Fsp3) is 1.00. The molecule has 0 heterocycles. The third-order valence-electron chi connectivity index (χ3n) is 3.01. The van der Waals surface area contributed by atoms with E-state index in [1.165, 1.54) is 19.3 Å². The van der Waals surface area contributed by atoms with Crippen LogP contribution >= 0.6 is 0 Å². The normalized spacial score (nSPS) is 15.6. The van der Waals surface area contributed by atoms with E-state index in [2.05, 4.69) is 25.8 Å². The Bertz CT molecular complexity index is 142. The van der Waals surface area contributed by atoms with Gasteiger partial charge in [0.25, 0.3) is 0 Å². The van der Waals surface area contributed by atoms with Crippen molar-refractivity contribution in [3.63, 3.8) is 0 Å². The molecule has 0 radical (unpaired) electrons. The van der Waals surface area contributed by atoms with Gasteiger partial charge in [-0.2, -0.15) is 0 Å². The lowest BCUT2D eigenvalue weighted by atomic mass is 10.0. The molecule has 0 saturated carbocycles. The maximum atomic E-state index is 5.81. The van der Waals surface area contributed by atoms with E-state index in [1.807, 2.05) is 0 Å². The van der Waals surface area contributed by atoms with Gasteiger partial charge >= 0.3 is 0 Å². The molecule has 0 spiro atoms. The molecule has 0 bridgehead atoms. The van der Waals surface area contributed by atoms with Gasteiger partial charge in [-0.1, -0.05) is 26.7 Å². The summed E-state index contributed by atoms with van der Waals surface area (Å²) in [5.41, 5.74) is 5.81. The number of ether oxygens (including phenoxy) is 1. The number of hydrogen-bond acceptors (Lipinski definition) is 3. The van der Waals surface area contributed by atoms with Gasteiger partial charge in [0.15, 0.2) is 0 Å². The van der Waals surface area contributed by atoms with Crippen LogP contribution < -0.4 is 5.73 Å². The molecule has 0 aromatic rings. The standard InChI is InChI=1S/C12H28N2O/c1-5-6-7-8-14(3)12(9-13)11(2)10-15-4/h11-12H,5-10,13H2,1-4H3. The highest BCUT2D eigenvalue weighted by Crippen LogP contribution is 2.10. The smallest absolute Gasteiger partial charge is 0.0503 e. The minimum absolute atomic E-state index is 0.446. The fourth-order valence-electron chi connectivity index (χ4n) is 2.00. The van der Waals surface area contributed by atoms with Crippen LogP contribution in [0.4, 0.5) is 0 Å². The molecule has 3 nitrogen and oxygen atoms in total. The van der Waals surface area contributed by atoms with Gasteiger partial charge < -0.3 is 15.4 Å². The van der Waals surface area contributed by atoms with Crippen LogP contribution in [0.15, 0.2) is 0 Å². The lowest BCUT2D eigenvalue weighted by Crippen LogP contribution is -2.44. The molecule has 92 valence electrons. The first-order valence-electron chi connectivity index (χ1n) is 6.06. The monoisotopic (exact) mass is 216 g/mol. The Hall–Kier alpha value is -0.120. The van der Waals surface area contributed by atoms with Crippen LogP contribution in [0, 0.1) is 5.92 Å².